The van der Waals surface area contributed by atoms with Crippen LogP contribution in [0.5, 0.6) is 0 Å². The van der Waals surface area contributed by atoms with Crippen molar-refractivity contribution < 1.29 is 0 Å². The molecule has 0 radical (unpaired) electrons. The molecule has 0 amide bonds. The summed E-state index contributed by atoms with van der Waals surface area (Å²) in [6.45, 7) is 0. The Bertz CT molecular complexity index is 456. The predicted octanol–water partition coefficient (Wildman–Crippen LogP) is 0.143. The van der Waals surface area contributed by atoms with Gasteiger partial charge in [-0.15, -0.1) is 0 Å². The van der Waals surface area contributed by atoms with Crippen molar-refractivity contribution in [3.8, 4) is 5.69 Å². The van der Waals surface area contributed by atoms with E-state index < -0.39 is 0 Å². The normalized spacial score (nSPS) is 10.2. The van der Waals surface area contributed by atoms with Gasteiger partial charge >= 0.3 is 0 Å². The second-order valence-electron chi connectivity index (χ2n) is 2.60. The number of rotatable bonds is 1. The summed E-state index contributed by atoms with van der Waals surface area (Å²) in [5.41, 5.74) is 5.90. The molecule has 0 aliphatic carbocycles. The van der Waals surface area contributed by atoms with E-state index in [-0.39, 0.29) is 5.56 Å². The number of nitrogens with zero attached hydrogens (tertiary/aromatic N) is 2. The first-order chi connectivity index (χ1) is 6.27. The van der Waals surface area contributed by atoms with Crippen LogP contribution in [0, 0.1) is 0 Å². The second-order valence-corrected chi connectivity index (χ2v) is 2.60. The van der Waals surface area contributed by atoms with Crippen molar-refractivity contribution in [3.05, 3.63) is 40.9 Å². The molecule has 0 saturated carbocycles. The van der Waals surface area contributed by atoms with Gasteiger partial charge in [-0.05, 0) is 12.1 Å². The number of aromatic nitrogens is 3. The molecule has 5 heteroatoms. The molecule has 2 rings (SSSR count). The highest BCUT2D eigenvalue weighted by atomic mass is 16.1. The highest BCUT2D eigenvalue weighted by molar-refractivity contribution is 5.32. The Morgan fingerprint density at radius 2 is 2.38 bits per heavy atom. The van der Waals surface area contributed by atoms with Gasteiger partial charge < -0.3 is 5.73 Å². The molecule has 5 nitrogen and oxygen atoms in total. The Kier molecular flexibility index (Phi) is 1.63. The zero-order valence-electron chi connectivity index (χ0n) is 6.77. The first-order valence-electron chi connectivity index (χ1n) is 3.75. The van der Waals surface area contributed by atoms with E-state index in [1.165, 1.54) is 10.7 Å². The van der Waals surface area contributed by atoms with Gasteiger partial charge in [0.2, 0.25) is 0 Å². The molecule has 0 bridgehead atoms. The van der Waals surface area contributed by atoms with E-state index in [1.54, 1.807) is 24.5 Å². The van der Waals surface area contributed by atoms with Crippen LogP contribution >= 0.6 is 0 Å². The van der Waals surface area contributed by atoms with E-state index in [0.717, 1.165) is 0 Å². The molecule has 2 aromatic rings. The summed E-state index contributed by atoms with van der Waals surface area (Å²) < 4.78 is 1.34. The van der Waals surface area contributed by atoms with Crippen LogP contribution in [0.15, 0.2) is 35.4 Å². The molecule has 13 heavy (non-hydrogen) atoms. The fourth-order valence-electron chi connectivity index (χ4n) is 1.09. The number of pyridine rings is 1. The molecule has 3 N–H and O–H groups in total. The molecule has 0 fully saturated rings. The number of anilines is 1. The molecule has 66 valence electrons. The molecule has 0 aliphatic heterocycles. The van der Waals surface area contributed by atoms with Crippen LogP contribution in [-0.4, -0.2) is 14.8 Å². The molecule has 2 heterocycles. The van der Waals surface area contributed by atoms with Crippen LogP contribution in [0.4, 0.5) is 5.82 Å². The van der Waals surface area contributed by atoms with Gasteiger partial charge in [0.25, 0.3) is 5.56 Å². The largest absolute Gasteiger partial charge is 0.384 e. The third-order valence-electron chi connectivity index (χ3n) is 1.64. The van der Waals surface area contributed by atoms with Gasteiger partial charge in [-0.1, -0.05) is 0 Å². The van der Waals surface area contributed by atoms with Crippen LogP contribution in [0.3, 0.4) is 0 Å². The third kappa shape index (κ3) is 1.31. The summed E-state index contributed by atoms with van der Waals surface area (Å²) in [7, 11) is 0. The SMILES string of the molecule is Nc1cc(=O)n(-c2cccnc2)[nH]1. The van der Waals surface area contributed by atoms with Crippen molar-refractivity contribution in [1.82, 2.24) is 14.8 Å². The van der Waals surface area contributed by atoms with Gasteiger partial charge in [0.05, 0.1) is 11.9 Å². The molecule has 0 atom stereocenters. The fourth-order valence-corrected chi connectivity index (χ4v) is 1.09. The maximum atomic E-state index is 11.3. The molecule has 0 spiro atoms. The standard InChI is InChI=1S/C8H8N4O/c9-7-4-8(13)12(11-7)6-2-1-3-10-5-6/h1-5,11H,9H2. The lowest BCUT2D eigenvalue weighted by molar-refractivity contribution is 0.848. The van der Waals surface area contributed by atoms with Gasteiger partial charge in [0.15, 0.2) is 0 Å². The first kappa shape index (κ1) is 7.60. The quantitative estimate of drug-likeness (QED) is 0.649. The number of hydrogen-bond donors (Lipinski definition) is 2. The highest BCUT2D eigenvalue weighted by Gasteiger charge is 2.01. The number of nitrogens with two attached hydrogens (primary N) is 1. The topological polar surface area (TPSA) is 76.7 Å². The summed E-state index contributed by atoms with van der Waals surface area (Å²) in [5.74, 6) is 0.342. The van der Waals surface area contributed by atoms with Gasteiger partial charge in [0, 0.05) is 12.3 Å². The van der Waals surface area contributed by atoms with Gasteiger partial charge in [0.1, 0.15) is 5.82 Å². The van der Waals surface area contributed by atoms with E-state index in [9.17, 15) is 4.79 Å². The van der Waals surface area contributed by atoms with Crippen LogP contribution in [0.1, 0.15) is 0 Å². The second kappa shape index (κ2) is 2.78. The lowest BCUT2D eigenvalue weighted by Crippen LogP contribution is -2.13. The van der Waals surface area contributed by atoms with Gasteiger partial charge in [-0.2, -0.15) is 0 Å². The average Bonchev–Trinajstić information content (AvgIpc) is 2.47. The van der Waals surface area contributed by atoms with Crippen LogP contribution in [-0.2, 0) is 0 Å². The minimum atomic E-state index is -0.189. The van der Waals surface area contributed by atoms with Crippen molar-refractivity contribution in [2.24, 2.45) is 0 Å². The highest BCUT2D eigenvalue weighted by Crippen LogP contribution is 2.01. The number of H-pyrrole nitrogens is 1. The first-order valence-corrected chi connectivity index (χ1v) is 3.75. The Labute approximate surface area is 73.8 Å². The summed E-state index contributed by atoms with van der Waals surface area (Å²) in [5, 5.41) is 2.70. The Hall–Kier alpha value is -2.04. The third-order valence-corrected chi connectivity index (χ3v) is 1.64. The minimum Gasteiger partial charge on any atom is -0.384 e. The van der Waals surface area contributed by atoms with E-state index in [0.29, 0.717) is 11.5 Å². The maximum absolute atomic E-state index is 11.3. The Balaban J connectivity index is 2.59. The summed E-state index contributed by atoms with van der Waals surface area (Å²) in [4.78, 5) is 15.2. The van der Waals surface area contributed by atoms with Crippen molar-refractivity contribution in [3.63, 3.8) is 0 Å². The number of hydrogen-bond acceptors (Lipinski definition) is 3. The van der Waals surface area contributed by atoms with Gasteiger partial charge in [-0.3, -0.25) is 14.9 Å². The summed E-state index contributed by atoms with van der Waals surface area (Å²) in [6, 6.07) is 4.84. The molecule has 0 saturated heterocycles. The number of nitrogens with one attached hydrogen (secondary N) is 1. The van der Waals surface area contributed by atoms with Crippen molar-refractivity contribution in [2.75, 3.05) is 5.73 Å². The lowest BCUT2D eigenvalue weighted by Gasteiger charge is -1.98. The maximum Gasteiger partial charge on any atom is 0.273 e. The smallest absolute Gasteiger partial charge is 0.273 e. The van der Waals surface area contributed by atoms with Gasteiger partial charge in [-0.25, -0.2) is 4.68 Å². The Morgan fingerprint density at radius 1 is 1.54 bits per heavy atom. The predicted molar refractivity (Wildman–Crippen MR) is 48.6 cm³/mol. The molecular weight excluding hydrogens is 168 g/mol. The molecule has 0 unspecified atom stereocenters. The molecular formula is C8H8N4O. The van der Waals surface area contributed by atoms with E-state index in [2.05, 4.69) is 10.1 Å². The fraction of sp³-hybridized carbons (Fsp3) is 0. The molecule has 0 aromatic carbocycles. The molecule has 0 aliphatic rings. The zero-order valence-corrected chi connectivity index (χ0v) is 6.77. The van der Waals surface area contributed by atoms with Crippen molar-refractivity contribution >= 4 is 5.82 Å². The van der Waals surface area contributed by atoms with Crippen LogP contribution in [0.2, 0.25) is 0 Å². The van der Waals surface area contributed by atoms with Crippen molar-refractivity contribution in [1.29, 1.82) is 0 Å². The monoisotopic (exact) mass is 176 g/mol. The molecule has 2 aromatic heterocycles. The van der Waals surface area contributed by atoms with Crippen molar-refractivity contribution in [2.45, 2.75) is 0 Å². The summed E-state index contributed by atoms with van der Waals surface area (Å²) in [6.07, 6.45) is 3.22. The number of nitrogen functional groups attached to an aromatic ring is 1. The summed E-state index contributed by atoms with van der Waals surface area (Å²) >= 11 is 0. The zero-order chi connectivity index (χ0) is 9.26. The van der Waals surface area contributed by atoms with E-state index in [1.807, 2.05) is 0 Å². The van der Waals surface area contributed by atoms with E-state index in [4.69, 9.17) is 5.73 Å². The van der Waals surface area contributed by atoms with Crippen LogP contribution < -0.4 is 11.3 Å². The lowest BCUT2D eigenvalue weighted by atomic mass is 10.4. The minimum absolute atomic E-state index is 0.189. The number of aromatic amines is 1. The van der Waals surface area contributed by atoms with Crippen LogP contribution in [0.25, 0.3) is 5.69 Å². The average molecular weight is 176 g/mol. The van der Waals surface area contributed by atoms with E-state index >= 15 is 0 Å². The Morgan fingerprint density at radius 3 is 2.92 bits per heavy atom.